The van der Waals surface area contributed by atoms with Crippen molar-refractivity contribution < 1.29 is 5.11 Å². The van der Waals surface area contributed by atoms with E-state index in [-0.39, 0.29) is 0 Å². The van der Waals surface area contributed by atoms with Crippen LogP contribution in [0.4, 0.5) is 0 Å². The lowest BCUT2D eigenvalue weighted by Gasteiger charge is -2.06. The molecule has 1 atom stereocenters. The zero-order valence-electron chi connectivity index (χ0n) is 6.85. The van der Waals surface area contributed by atoms with Crippen LogP contribution in [0.1, 0.15) is 31.2 Å². The fourth-order valence-electron chi connectivity index (χ4n) is 1.26. The van der Waals surface area contributed by atoms with E-state index in [1.54, 1.807) is 18.5 Å². The summed E-state index contributed by atoms with van der Waals surface area (Å²) in [6, 6.07) is 1.76. The van der Waals surface area contributed by atoms with Gasteiger partial charge in [-0.25, -0.2) is 9.97 Å². The zero-order chi connectivity index (χ0) is 8.39. The van der Waals surface area contributed by atoms with Crippen molar-refractivity contribution in [2.75, 3.05) is 0 Å². The summed E-state index contributed by atoms with van der Waals surface area (Å²) >= 11 is 0. The highest BCUT2D eigenvalue weighted by Crippen LogP contribution is 2.36. The average molecular weight is 164 g/mol. The number of aromatic nitrogens is 2. The Bertz CT molecular complexity index is 246. The average Bonchev–Trinajstić information content (AvgIpc) is 2.90. The van der Waals surface area contributed by atoms with Gasteiger partial charge in [-0.1, -0.05) is 12.8 Å². The Morgan fingerprint density at radius 3 is 2.67 bits per heavy atom. The highest BCUT2D eigenvalue weighted by Gasteiger charge is 2.26. The first kappa shape index (κ1) is 7.68. The Kier molecular flexibility index (Phi) is 2.04. The van der Waals surface area contributed by atoms with Crippen molar-refractivity contribution in [2.45, 2.75) is 25.4 Å². The van der Waals surface area contributed by atoms with E-state index < -0.39 is 6.10 Å². The maximum absolute atomic E-state index is 9.61. The van der Waals surface area contributed by atoms with E-state index in [0.29, 0.717) is 11.7 Å². The number of nitrogens with zero attached hydrogens (tertiary/aromatic N) is 2. The van der Waals surface area contributed by atoms with Crippen molar-refractivity contribution in [3.05, 3.63) is 24.3 Å². The molecule has 12 heavy (non-hydrogen) atoms. The van der Waals surface area contributed by atoms with Crippen LogP contribution in [0.15, 0.2) is 18.5 Å². The number of rotatable bonds is 3. The molecule has 64 valence electrons. The van der Waals surface area contributed by atoms with Gasteiger partial charge in [-0.15, -0.1) is 0 Å². The Balaban J connectivity index is 1.98. The fraction of sp³-hybridized carbons (Fsp3) is 0.556. The molecule has 1 aromatic heterocycles. The van der Waals surface area contributed by atoms with Gasteiger partial charge in [0.05, 0.1) is 0 Å². The summed E-state index contributed by atoms with van der Waals surface area (Å²) < 4.78 is 0. The van der Waals surface area contributed by atoms with E-state index in [1.807, 2.05) is 0 Å². The lowest BCUT2D eigenvalue weighted by atomic mass is 10.2. The molecule has 1 saturated carbocycles. The zero-order valence-corrected chi connectivity index (χ0v) is 6.85. The molecule has 0 spiro atoms. The molecule has 0 aromatic carbocycles. The lowest BCUT2D eigenvalue weighted by molar-refractivity contribution is 0.150. The van der Waals surface area contributed by atoms with Crippen LogP contribution in [0, 0.1) is 5.92 Å². The van der Waals surface area contributed by atoms with E-state index >= 15 is 0 Å². The minimum absolute atomic E-state index is 0.460. The van der Waals surface area contributed by atoms with Gasteiger partial charge >= 0.3 is 0 Å². The normalized spacial score (nSPS) is 19.1. The first-order valence-electron chi connectivity index (χ1n) is 4.31. The highest BCUT2D eigenvalue weighted by atomic mass is 16.3. The predicted octanol–water partition coefficient (Wildman–Crippen LogP) is 1.31. The molecule has 1 N–H and O–H groups in total. The molecule has 1 aromatic rings. The quantitative estimate of drug-likeness (QED) is 0.732. The second kappa shape index (κ2) is 3.19. The topological polar surface area (TPSA) is 46.0 Å². The van der Waals surface area contributed by atoms with Gasteiger partial charge in [0.1, 0.15) is 6.10 Å². The number of aliphatic hydroxyl groups excluding tert-OH is 1. The Hall–Kier alpha value is -0.960. The van der Waals surface area contributed by atoms with Crippen LogP contribution in [0.5, 0.6) is 0 Å². The molecule has 1 heterocycles. The lowest BCUT2D eigenvalue weighted by Crippen LogP contribution is -2.03. The molecular weight excluding hydrogens is 152 g/mol. The number of aliphatic hydroxyl groups is 1. The van der Waals surface area contributed by atoms with Crippen molar-refractivity contribution in [1.82, 2.24) is 9.97 Å². The van der Waals surface area contributed by atoms with Crippen LogP contribution in [0.25, 0.3) is 0 Å². The second-order valence-electron chi connectivity index (χ2n) is 3.30. The minimum Gasteiger partial charge on any atom is -0.385 e. The van der Waals surface area contributed by atoms with Gasteiger partial charge in [0.25, 0.3) is 0 Å². The Morgan fingerprint density at radius 1 is 1.42 bits per heavy atom. The summed E-state index contributed by atoms with van der Waals surface area (Å²) in [5.41, 5.74) is 0. The first-order chi connectivity index (χ1) is 5.86. The number of hydrogen-bond acceptors (Lipinski definition) is 3. The predicted molar refractivity (Wildman–Crippen MR) is 44.3 cm³/mol. The summed E-state index contributed by atoms with van der Waals surface area (Å²) in [5.74, 6) is 1.27. The fourth-order valence-corrected chi connectivity index (χ4v) is 1.26. The second-order valence-corrected chi connectivity index (χ2v) is 3.30. The monoisotopic (exact) mass is 164 g/mol. The first-order valence-corrected chi connectivity index (χ1v) is 4.31. The third kappa shape index (κ3) is 1.80. The molecule has 0 saturated heterocycles. The van der Waals surface area contributed by atoms with Crippen LogP contribution < -0.4 is 0 Å². The maximum Gasteiger partial charge on any atom is 0.156 e. The molecule has 0 amide bonds. The van der Waals surface area contributed by atoms with Crippen molar-refractivity contribution in [3.8, 4) is 0 Å². The van der Waals surface area contributed by atoms with Gasteiger partial charge in [0, 0.05) is 12.4 Å². The standard InChI is InChI=1S/C9H12N2O/c12-8(6-7-2-3-7)9-10-4-1-5-11-9/h1,4-5,7-8,12H,2-3,6H2. The van der Waals surface area contributed by atoms with Crippen molar-refractivity contribution in [3.63, 3.8) is 0 Å². The minimum atomic E-state index is -0.460. The molecule has 2 rings (SSSR count). The molecule has 3 heteroatoms. The van der Waals surface area contributed by atoms with E-state index in [9.17, 15) is 5.11 Å². The summed E-state index contributed by atoms with van der Waals surface area (Å²) in [5, 5.41) is 9.61. The molecule has 1 aliphatic rings. The molecule has 0 bridgehead atoms. The maximum atomic E-state index is 9.61. The summed E-state index contributed by atoms with van der Waals surface area (Å²) in [6.07, 6.45) is 6.20. The smallest absolute Gasteiger partial charge is 0.156 e. The Morgan fingerprint density at radius 2 is 2.08 bits per heavy atom. The van der Waals surface area contributed by atoms with Gasteiger partial charge < -0.3 is 5.11 Å². The van der Waals surface area contributed by atoms with Crippen molar-refractivity contribution in [1.29, 1.82) is 0 Å². The van der Waals surface area contributed by atoms with Crippen LogP contribution in [-0.2, 0) is 0 Å². The van der Waals surface area contributed by atoms with Crippen LogP contribution in [-0.4, -0.2) is 15.1 Å². The molecule has 3 nitrogen and oxygen atoms in total. The molecule has 0 radical (unpaired) electrons. The van der Waals surface area contributed by atoms with E-state index in [0.717, 1.165) is 6.42 Å². The summed E-state index contributed by atoms with van der Waals surface area (Å²) in [7, 11) is 0. The van der Waals surface area contributed by atoms with Crippen molar-refractivity contribution >= 4 is 0 Å². The molecule has 0 aliphatic heterocycles. The van der Waals surface area contributed by atoms with Crippen LogP contribution in [0.3, 0.4) is 0 Å². The third-order valence-electron chi connectivity index (χ3n) is 2.14. The third-order valence-corrected chi connectivity index (χ3v) is 2.14. The summed E-state index contributed by atoms with van der Waals surface area (Å²) in [4.78, 5) is 8.00. The van der Waals surface area contributed by atoms with E-state index in [2.05, 4.69) is 9.97 Å². The number of hydrogen-bond donors (Lipinski definition) is 1. The van der Waals surface area contributed by atoms with E-state index in [4.69, 9.17) is 0 Å². The molecule has 1 aliphatic carbocycles. The van der Waals surface area contributed by atoms with Gasteiger partial charge in [-0.05, 0) is 18.4 Å². The summed E-state index contributed by atoms with van der Waals surface area (Å²) in [6.45, 7) is 0. The highest BCUT2D eigenvalue weighted by molar-refractivity contribution is 4.94. The van der Waals surface area contributed by atoms with Crippen molar-refractivity contribution in [2.24, 2.45) is 5.92 Å². The largest absolute Gasteiger partial charge is 0.385 e. The Labute approximate surface area is 71.5 Å². The van der Waals surface area contributed by atoms with Gasteiger partial charge in [-0.2, -0.15) is 0 Å². The van der Waals surface area contributed by atoms with Gasteiger partial charge in [-0.3, -0.25) is 0 Å². The SMILES string of the molecule is OC(CC1CC1)c1ncccn1. The van der Waals surface area contributed by atoms with Crippen LogP contribution >= 0.6 is 0 Å². The molecule has 1 unspecified atom stereocenters. The van der Waals surface area contributed by atoms with Gasteiger partial charge in [0.2, 0.25) is 0 Å². The van der Waals surface area contributed by atoms with E-state index in [1.165, 1.54) is 12.8 Å². The van der Waals surface area contributed by atoms with Gasteiger partial charge in [0.15, 0.2) is 5.82 Å². The molecule has 1 fully saturated rings. The molecular formula is C9H12N2O. The van der Waals surface area contributed by atoms with Crippen LogP contribution in [0.2, 0.25) is 0 Å².